The number of carbonyl (C=O) groups excluding carboxylic acids is 2. The predicted molar refractivity (Wildman–Crippen MR) is 81.0 cm³/mol. The van der Waals surface area contributed by atoms with Crippen LogP contribution < -0.4 is 5.32 Å². The highest BCUT2D eigenvalue weighted by atomic mass is 32.1. The number of anilines is 1. The van der Waals surface area contributed by atoms with Crippen molar-refractivity contribution < 1.29 is 19.2 Å². The third kappa shape index (κ3) is 4.12. The van der Waals surface area contributed by atoms with Crippen LogP contribution in [0.3, 0.4) is 0 Å². The minimum absolute atomic E-state index is 0.0270. The van der Waals surface area contributed by atoms with E-state index >= 15 is 0 Å². The molecule has 23 heavy (non-hydrogen) atoms. The molecule has 9 heteroatoms. The lowest BCUT2D eigenvalue weighted by molar-refractivity contribution is -0.384. The summed E-state index contributed by atoms with van der Waals surface area (Å²) in [5.74, 6) is -1.46. The number of rotatable bonds is 5. The van der Waals surface area contributed by atoms with Crippen molar-refractivity contribution >= 4 is 33.9 Å². The first kappa shape index (κ1) is 16.1. The predicted octanol–water partition coefficient (Wildman–Crippen LogP) is 2.32. The molecule has 0 fully saturated rings. The van der Waals surface area contributed by atoms with Crippen LogP contribution in [-0.2, 0) is 9.53 Å². The van der Waals surface area contributed by atoms with Crippen molar-refractivity contribution in [3.63, 3.8) is 0 Å². The molecule has 0 aliphatic carbocycles. The molecule has 0 spiro atoms. The Morgan fingerprint density at radius 1 is 1.39 bits per heavy atom. The van der Waals surface area contributed by atoms with E-state index in [0.717, 1.165) is 6.07 Å². The lowest BCUT2D eigenvalue weighted by atomic mass is 10.2. The first-order chi connectivity index (χ1) is 11.0. The first-order valence-corrected chi connectivity index (χ1v) is 7.08. The second-order valence-corrected chi connectivity index (χ2v) is 5.12. The maximum absolute atomic E-state index is 11.8. The third-order valence-electron chi connectivity index (χ3n) is 2.67. The van der Waals surface area contributed by atoms with Gasteiger partial charge in [0, 0.05) is 12.1 Å². The fourth-order valence-electron chi connectivity index (χ4n) is 1.62. The van der Waals surface area contributed by atoms with Gasteiger partial charge in [-0.1, -0.05) is 6.07 Å². The van der Waals surface area contributed by atoms with E-state index in [4.69, 9.17) is 10.00 Å². The van der Waals surface area contributed by atoms with Crippen LogP contribution in [0.5, 0.6) is 0 Å². The second-order valence-electron chi connectivity index (χ2n) is 4.21. The summed E-state index contributed by atoms with van der Waals surface area (Å²) in [7, 11) is 0. The lowest BCUT2D eigenvalue weighted by Gasteiger charge is -2.05. The lowest BCUT2D eigenvalue weighted by Crippen LogP contribution is -2.20. The number of hydrogen-bond acceptors (Lipinski definition) is 7. The number of nitrogens with one attached hydrogen (secondary N) is 1. The van der Waals surface area contributed by atoms with Crippen molar-refractivity contribution in [3.8, 4) is 6.07 Å². The zero-order chi connectivity index (χ0) is 16.8. The Kier molecular flexibility index (Phi) is 5.01. The van der Waals surface area contributed by atoms with Gasteiger partial charge in [-0.05, 0) is 17.5 Å². The van der Waals surface area contributed by atoms with E-state index in [0.29, 0.717) is 10.6 Å². The van der Waals surface area contributed by atoms with Crippen molar-refractivity contribution in [2.24, 2.45) is 0 Å². The standard InChI is InChI=1S/C14H9N3O5S/c15-7-10-4-5-23-13(10)16-12(18)8-22-14(19)9-2-1-3-11(6-9)17(20)21/h1-6H,8H2,(H,16,18). The summed E-state index contributed by atoms with van der Waals surface area (Å²) in [6, 6.07) is 8.46. The molecule has 1 amide bonds. The number of amides is 1. The van der Waals surface area contributed by atoms with Crippen LogP contribution in [0.1, 0.15) is 15.9 Å². The van der Waals surface area contributed by atoms with E-state index in [2.05, 4.69) is 5.32 Å². The summed E-state index contributed by atoms with van der Waals surface area (Å²) in [5.41, 5.74) is 0.0374. The Hall–Kier alpha value is -3.25. The van der Waals surface area contributed by atoms with Crippen LogP contribution in [0.2, 0.25) is 0 Å². The van der Waals surface area contributed by atoms with Crippen molar-refractivity contribution in [2.45, 2.75) is 0 Å². The van der Waals surface area contributed by atoms with Crippen molar-refractivity contribution in [2.75, 3.05) is 11.9 Å². The molecule has 0 bridgehead atoms. The fraction of sp³-hybridized carbons (Fsp3) is 0.0714. The van der Waals surface area contributed by atoms with Crippen LogP contribution in [0.4, 0.5) is 10.7 Å². The molecule has 0 saturated heterocycles. The van der Waals surface area contributed by atoms with Gasteiger partial charge < -0.3 is 10.1 Å². The molecule has 116 valence electrons. The van der Waals surface area contributed by atoms with Gasteiger partial charge in [-0.3, -0.25) is 14.9 Å². The molecule has 0 atom stereocenters. The van der Waals surface area contributed by atoms with Crippen molar-refractivity contribution in [3.05, 3.63) is 57.0 Å². The van der Waals surface area contributed by atoms with Gasteiger partial charge in [0.15, 0.2) is 6.61 Å². The topological polar surface area (TPSA) is 122 Å². The average Bonchev–Trinajstić information content (AvgIpc) is 2.99. The van der Waals surface area contributed by atoms with E-state index in [1.165, 1.54) is 29.5 Å². The third-order valence-corrected chi connectivity index (χ3v) is 3.50. The first-order valence-electron chi connectivity index (χ1n) is 6.20. The number of nitro benzene ring substituents is 1. The van der Waals surface area contributed by atoms with Gasteiger partial charge in [0.25, 0.3) is 11.6 Å². The molecule has 0 aliphatic heterocycles. The highest BCUT2D eigenvalue weighted by Gasteiger charge is 2.15. The molecule has 1 N–H and O–H groups in total. The molecular weight excluding hydrogens is 322 g/mol. The number of carbonyl (C=O) groups is 2. The average molecular weight is 331 g/mol. The minimum atomic E-state index is -0.851. The van der Waals surface area contributed by atoms with Gasteiger partial charge in [-0.2, -0.15) is 5.26 Å². The quantitative estimate of drug-likeness (QED) is 0.509. The van der Waals surface area contributed by atoms with Crippen molar-refractivity contribution in [1.29, 1.82) is 5.26 Å². The van der Waals surface area contributed by atoms with Gasteiger partial charge in [0.05, 0.1) is 16.1 Å². The number of esters is 1. The number of hydrogen-bond donors (Lipinski definition) is 1. The van der Waals surface area contributed by atoms with E-state index in [9.17, 15) is 19.7 Å². The maximum Gasteiger partial charge on any atom is 0.338 e. The highest BCUT2D eigenvalue weighted by Crippen LogP contribution is 2.22. The van der Waals surface area contributed by atoms with Crippen LogP contribution >= 0.6 is 11.3 Å². The highest BCUT2D eigenvalue weighted by molar-refractivity contribution is 7.14. The summed E-state index contributed by atoms with van der Waals surface area (Å²) in [6.45, 7) is -0.565. The Morgan fingerprint density at radius 2 is 2.17 bits per heavy atom. The summed E-state index contributed by atoms with van der Waals surface area (Å²) >= 11 is 1.17. The van der Waals surface area contributed by atoms with Gasteiger partial charge in [-0.15, -0.1) is 11.3 Å². The molecule has 0 aliphatic rings. The fourth-order valence-corrected chi connectivity index (χ4v) is 2.37. The number of nitrogens with zero attached hydrogens (tertiary/aromatic N) is 2. The molecule has 1 heterocycles. The number of nitro groups is 1. The summed E-state index contributed by atoms with van der Waals surface area (Å²) < 4.78 is 4.80. The molecule has 0 radical (unpaired) electrons. The van der Waals surface area contributed by atoms with Gasteiger partial charge >= 0.3 is 5.97 Å². The molecule has 0 unspecified atom stereocenters. The van der Waals surface area contributed by atoms with Crippen LogP contribution in [-0.4, -0.2) is 23.4 Å². The van der Waals surface area contributed by atoms with Gasteiger partial charge in [0.2, 0.25) is 0 Å². The zero-order valence-corrected chi connectivity index (χ0v) is 12.3. The van der Waals surface area contributed by atoms with Crippen LogP contribution in [0.15, 0.2) is 35.7 Å². The summed E-state index contributed by atoms with van der Waals surface area (Å²) in [5, 5.41) is 23.9. The summed E-state index contributed by atoms with van der Waals surface area (Å²) in [4.78, 5) is 33.5. The Bertz CT molecular complexity index is 809. The Labute approximate surface area is 134 Å². The summed E-state index contributed by atoms with van der Waals surface area (Å²) in [6.07, 6.45) is 0. The van der Waals surface area contributed by atoms with E-state index in [1.54, 1.807) is 11.4 Å². The second kappa shape index (κ2) is 7.15. The molecule has 8 nitrogen and oxygen atoms in total. The zero-order valence-electron chi connectivity index (χ0n) is 11.5. The van der Waals surface area contributed by atoms with E-state index in [-0.39, 0.29) is 11.3 Å². The molecule has 0 saturated carbocycles. The maximum atomic E-state index is 11.8. The van der Waals surface area contributed by atoms with Crippen molar-refractivity contribution in [1.82, 2.24) is 0 Å². The normalized spacial score (nSPS) is 9.70. The monoisotopic (exact) mass is 331 g/mol. The Balaban J connectivity index is 1.94. The minimum Gasteiger partial charge on any atom is -0.452 e. The largest absolute Gasteiger partial charge is 0.452 e. The van der Waals surface area contributed by atoms with Crippen LogP contribution in [0.25, 0.3) is 0 Å². The van der Waals surface area contributed by atoms with Crippen LogP contribution in [0, 0.1) is 21.4 Å². The van der Waals surface area contributed by atoms with E-state index in [1.807, 2.05) is 6.07 Å². The molecular formula is C14H9N3O5S. The molecule has 1 aromatic carbocycles. The number of non-ortho nitro benzene ring substituents is 1. The molecule has 1 aromatic heterocycles. The molecule has 2 aromatic rings. The van der Waals surface area contributed by atoms with Gasteiger partial charge in [0.1, 0.15) is 11.1 Å². The number of benzene rings is 1. The Morgan fingerprint density at radius 3 is 2.87 bits per heavy atom. The number of thiophene rings is 1. The number of nitriles is 1. The SMILES string of the molecule is N#Cc1ccsc1NC(=O)COC(=O)c1cccc([N+](=O)[O-])c1. The smallest absolute Gasteiger partial charge is 0.338 e. The van der Waals surface area contributed by atoms with Gasteiger partial charge in [-0.25, -0.2) is 4.79 Å². The van der Waals surface area contributed by atoms with E-state index < -0.39 is 23.4 Å². The number of ether oxygens (including phenoxy) is 1. The molecule has 2 rings (SSSR count).